The molecule has 0 spiro atoms. The quantitative estimate of drug-likeness (QED) is 0.742. The van der Waals surface area contributed by atoms with Gasteiger partial charge >= 0.3 is 10.2 Å². The number of anilines is 1. The van der Waals surface area contributed by atoms with E-state index in [1.54, 1.807) is 0 Å². The maximum Gasteiger partial charge on any atom is 0.301 e. The molecular formula is C18H15N3O2S. The predicted octanol–water partition coefficient (Wildman–Crippen LogP) is 2.61. The van der Waals surface area contributed by atoms with Crippen molar-refractivity contribution in [3.05, 3.63) is 59.9 Å². The minimum Gasteiger partial charge on any atom is -0.263 e. The predicted molar refractivity (Wildman–Crippen MR) is 94.0 cm³/mol. The van der Waals surface area contributed by atoms with Gasteiger partial charge in [0.15, 0.2) is 0 Å². The van der Waals surface area contributed by atoms with Crippen molar-refractivity contribution in [2.45, 2.75) is 13.0 Å². The second kappa shape index (κ2) is 4.78. The van der Waals surface area contributed by atoms with Crippen molar-refractivity contribution in [1.82, 2.24) is 9.71 Å². The smallest absolute Gasteiger partial charge is 0.263 e. The molecule has 5 nitrogen and oxygen atoms in total. The second-order valence-electron chi connectivity index (χ2n) is 6.20. The summed E-state index contributed by atoms with van der Waals surface area (Å²) in [6.45, 7) is 0.849. The molecule has 3 aromatic rings. The molecule has 0 radical (unpaired) electrons. The van der Waals surface area contributed by atoms with E-state index in [0.29, 0.717) is 13.1 Å². The van der Waals surface area contributed by atoms with Gasteiger partial charge in [0.1, 0.15) is 0 Å². The summed E-state index contributed by atoms with van der Waals surface area (Å²) in [5.74, 6) is 0. The van der Waals surface area contributed by atoms with E-state index in [-0.39, 0.29) is 0 Å². The van der Waals surface area contributed by atoms with Crippen LogP contribution in [0.4, 0.5) is 5.69 Å². The van der Waals surface area contributed by atoms with E-state index in [1.165, 1.54) is 4.31 Å². The fourth-order valence-electron chi connectivity index (χ4n) is 3.73. The van der Waals surface area contributed by atoms with Gasteiger partial charge in [-0.1, -0.05) is 24.3 Å². The zero-order chi connectivity index (χ0) is 16.3. The van der Waals surface area contributed by atoms with Crippen LogP contribution in [0.3, 0.4) is 0 Å². The van der Waals surface area contributed by atoms with Gasteiger partial charge in [-0.2, -0.15) is 13.1 Å². The van der Waals surface area contributed by atoms with Gasteiger partial charge in [0.2, 0.25) is 0 Å². The number of pyridine rings is 1. The summed E-state index contributed by atoms with van der Waals surface area (Å²) < 4.78 is 28.4. The Morgan fingerprint density at radius 1 is 1.08 bits per heavy atom. The fourth-order valence-corrected chi connectivity index (χ4v) is 5.03. The Bertz CT molecular complexity index is 1090. The van der Waals surface area contributed by atoms with Gasteiger partial charge in [0.25, 0.3) is 0 Å². The first-order valence-corrected chi connectivity index (χ1v) is 9.34. The lowest BCUT2D eigenvalue weighted by molar-refractivity contribution is 0.574. The Kier molecular flexibility index (Phi) is 2.78. The Morgan fingerprint density at radius 3 is 2.83 bits per heavy atom. The number of nitrogens with zero attached hydrogens (tertiary/aromatic N) is 2. The highest BCUT2D eigenvalue weighted by Crippen LogP contribution is 2.40. The summed E-state index contributed by atoms with van der Waals surface area (Å²) in [4.78, 5) is 4.37. The first-order valence-electron chi connectivity index (χ1n) is 7.90. The lowest BCUT2D eigenvalue weighted by Gasteiger charge is -2.27. The molecule has 0 unspecified atom stereocenters. The molecule has 0 atom stereocenters. The summed E-state index contributed by atoms with van der Waals surface area (Å²) >= 11 is 0. The van der Waals surface area contributed by atoms with E-state index in [0.717, 1.165) is 45.1 Å². The van der Waals surface area contributed by atoms with Crippen LogP contribution < -0.4 is 9.03 Å². The molecule has 3 heterocycles. The summed E-state index contributed by atoms with van der Waals surface area (Å²) in [5, 5.41) is 2.26. The van der Waals surface area contributed by atoms with Crippen molar-refractivity contribution in [2.24, 2.45) is 0 Å². The molecule has 2 aliphatic heterocycles. The minimum absolute atomic E-state index is 0.340. The van der Waals surface area contributed by atoms with Crippen LogP contribution in [0, 0.1) is 0 Å². The average Bonchev–Trinajstić information content (AvgIpc) is 3.04. The monoisotopic (exact) mass is 337 g/mol. The van der Waals surface area contributed by atoms with E-state index in [9.17, 15) is 8.42 Å². The molecule has 24 heavy (non-hydrogen) atoms. The number of hydrogen-bond donors (Lipinski definition) is 1. The van der Waals surface area contributed by atoms with Crippen LogP contribution in [0.2, 0.25) is 0 Å². The number of rotatable bonds is 1. The Morgan fingerprint density at radius 2 is 1.92 bits per heavy atom. The number of fused-ring (bicyclic) bond motifs is 1. The first kappa shape index (κ1) is 13.9. The fraction of sp³-hybridized carbons (Fsp3) is 0.167. The third kappa shape index (κ3) is 1.90. The van der Waals surface area contributed by atoms with E-state index in [1.807, 2.05) is 24.5 Å². The summed E-state index contributed by atoms with van der Waals surface area (Å²) in [6, 6.07) is 12.4. The van der Waals surface area contributed by atoms with Crippen LogP contribution >= 0.6 is 0 Å². The topological polar surface area (TPSA) is 62.3 Å². The first-order chi connectivity index (χ1) is 11.6. The third-order valence-electron chi connectivity index (χ3n) is 4.82. The molecule has 1 aromatic heterocycles. The standard InChI is InChI=1S/C18H15N3O2S/c22-24(23)20-10-15-8-14(7-12-5-6-21(24)18(12)15)17-11-19-9-13-3-1-2-4-16(13)17/h1-4,7-9,11,20H,5-6,10H2. The summed E-state index contributed by atoms with van der Waals surface area (Å²) in [5.41, 5.74) is 5.17. The van der Waals surface area contributed by atoms with Gasteiger partial charge in [-0.25, -0.2) is 0 Å². The maximum atomic E-state index is 12.1. The molecule has 1 N–H and O–H groups in total. The summed E-state index contributed by atoms with van der Waals surface area (Å²) in [6.07, 6.45) is 4.50. The molecular weight excluding hydrogens is 322 g/mol. The van der Waals surface area contributed by atoms with Gasteiger partial charge in [0.05, 0.1) is 5.69 Å². The molecule has 0 amide bonds. The maximum absolute atomic E-state index is 12.1. The minimum atomic E-state index is -3.38. The molecule has 0 saturated carbocycles. The zero-order valence-corrected chi connectivity index (χ0v) is 13.7. The Balaban J connectivity index is 1.75. The van der Waals surface area contributed by atoms with Gasteiger partial charge in [-0.3, -0.25) is 9.29 Å². The number of nitrogens with one attached hydrogen (secondary N) is 1. The second-order valence-corrected chi connectivity index (χ2v) is 7.88. The lowest BCUT2D eigenvalue weighted by Crippen LogP contribution is -2.43. The number of benzene rings is 2. The molecule has 0 aliphatic carbocycles. The van der Waals surface area contributed by atoms with Crippen molar-refractivity contribution in [2.75, 3.05) is 10.8 Å². The van der Waals surface area contributed by atoms with E-state index < -0.39 is 10.2 Å². The average molecular weight is 337 g/mol. The van der Waals surface area contributed by atoms with E-state index in [4.69, 9.17) is 0 Å². The van der Waals surface area contributed by atoms with Crippen LogP contribution in [0.5, 0.6) is 0 Å². The van der Waals surface area contributed by atoms with E-state index in [2.05, 4.69) is 34.0 Å². The van der Waals surface area contributed by atoms with Crippen LogP contribution in [0.25, 0.3) is 21.9 Å². The highest BCUT2D eigenvalue weighted by atomic mass is 32.2. The Hall–Kier alpha value is -2.44. The molecule has 0 bridgehead atoms. The van der Waals surface area contributed by atoms with E-state index >= 15 is 0 Å². The van der Waals surface area contributed by atoms with Crippen LogP contribution in [0.15, 0.2) is 48.8 Å². The molecule has 120 valence electrons. The summed E-state index contributed by atoms with van der Waals surface area (Å²) in [7, 11) is -3.38. The van der Waals surface area contributed by atoms with Crippen molar-refractivity contribution >= 4 is 26.7 Å². The number of hydrogen-bond acceptors (Lipinski definition) is 3. The largest absolute Gasteiger partial charge is 0.301 e. The third-order valence-corrected chi connectivity index (χ3v) is 6.27. The molecule has 6 heteroatoms. The van der Waals surface area contributed by atoms with Crippen molar-refractivity contribution in [3.63, 3.8) is 0 Å². The van der Waals surface area contributed by atoms with Crippen molar-refractivity contribution in [1.29, 1.82) is 0 Å². The highest BCUT2D eigenvalue weighted by molar-refractivity contribution is 7.91. The van der Waals surface area contributed by atoms with Gasteiger partial charge in [-0.15, -0.1) is 0 Å². The van der Waals surface area contributed by atoms with Crippen LogP contribution in [-0.4, -0.2) is 19.9 Å². The SMILES string of the molecule is O=S1(=O)NCc2cc(-c3cncc4ccccc34)cc3c2N1CC3. The van der Waals surface area contributed by atoms with Crippen molar-refractivity contribution in [3.8, 4) is 11.1 Å². The van der Waals surface area contributed by atoms with Gasteiger partial charge in [-0.05, 0) is 40.6 Å². The molecule has 0 saturated heterocycles. The van der Waals surface area contributed by atoms with Gasteiger partial charge in [0, 0.05) is 36.4 Å². The normalized spacial score (nSPS) is 17.9. The molecule has 2 aliphatic rings. The van der Waals surface area contributed by atoms with Crippen LogP contribution in [-0.2, 0) is 23.2 Å². The zero-order valence-electron chi connectivity index (χ0n) is 12.9. The molecule has 2 aromatic carbocycles. The Labute approximate surface area is 140 Å². The molecule has 5 rings (SSSR count). The lowest BCUT2D eigenvalue weighted by atomic mass is 9.96. The molecule has 0 fully saturated rings. The number of aromatic nitrogens is 1. The van der Waals surface area contributed by atoms with Crippen molar-refractivity contribution < 1.29 is 8.42 Å². The highest BCUT2D eigenvalue weighted by Gasteiger charge is 2.35. The van der Waals surface area contributed by atoms with Crippen LogP contribution in [0.1, 0.15) is 11.1 Å². The van der Waals surface area contributed by atoms with Gasteiger partial charge < -0.3 is 0 Å².